The minimum Gasteiger partial charge on any atom is -0.445 e. The quantitative estimate of drug-likeness (QED) is 0.892. The van der Waals surface area contributed by atoms with Crippen LogP contribution in [0.3, 0.4) is 0 Å². The van der Waals surface area contributed by atoms with Gasteiger partial charge in [0, 0.05) is 19.6 Å². The standard InChI is InChI=1S/C19H28N2O5/c1-14(22)16-12-20(10-11-21(16)18(24)26-19(2,3)4)17(23)25-13-15-8-6-5-7-9-15/h5-9,14,16,22H,10-13H2,1-4H3/t14-,16?/m0/s1. The van der Waals surface area contributed by atoms with E-state index in [0.29, 0.717) is 6.54 Å². The summed E-state index contributed by atoms with van der Waals surface area (Å²) < 4.78 is 10.7. The fraction of sp³-hybridized carbons (Fsp3) is 0.579. The number of hydrogen-bond acceptors (Lipinski definition) is 5. The van der Waals surface area contributed by atoms with Gasteiger partial charge in [0.2, 0.25) is 0 Å². The Hall–Kier alpha value is -2.28. The molecule has 0 aromatic heterocycles. The molecule has 2 atom stereocenters. The van der Waals surface area contributed by atoms with Gasteiger partial charge in [-0.25, -0.2) is 9.59 Å². The molecule has 144 valence electrons. The minimum absolute atomic E-state index is 0.186. The van der Waals surface area contributed by atoms with Crippen LogP contribution in [0.2, 0.25) is 0 Å². The Kier molecular flexibility index (Phi) is 6.47. The summed E-state index contributed by atoms with van der Waals surface area (Å²) in [5.41, 5.74) is 0.284. The Balaban J connectivity index is 1.95. The van der Waals surface area contributed by atoms with Crippen molar-refractivity contribution in [2.45, 2.75) is 52.0 Å². The first-order valence-corrected chi connectivity index (χ1v) is 8.80. The highest BCUT2D eigenvalue weighted by Crippen LogP contribution is 2.19. The Bertz CT molecular complexity index is 612. The molecule has 2 amide bonds. The predicted molar refractivity (Wildman–Crippen MR) is 96.6 cm³/mol. The van der Waals surface area contributed by atoms with Gasteiger partial charge < -0.3 is 19.5 Å². The SMILES string of the molecule is C[C@H](O)C1CN(C(=O)OCc2ccccc2)CCN1C(=O)OC(C)(C)C. The third-order valence-corrected chi connectivity index (χ3v) is 4.07. The normalized spacial score (nSPS) is 19.0. The summed E-state index contributed by atoms with van der Waals surface area (Å²) in [5.74, 6) is 0. The van der Waals surface area contributed by atoms with E-state index < -0.39 is 29.9 Å². The lowest BCUT2D eigenvalue weighted by Gasteiger charge is -2.42. The van der Waals surface area contributed by atoms with Gasteiger partial charge in [-0.05, 0) is 33.3 Å². The van der Waals surface area contributed by atoms with E-state index in [0.717, 1.165) is 5.56 Å². The molecule has 2 rings (SSSR count). The van der Waals surface area contributed by atoms with Crippen LogP contribution < -0.4 is 0 Å². The maximum Gasteiger partial charge on any atom is 0.410 e. The molecule has 1 saturated heterocycles. The summed E-state index contributed by atoms with van der Waals surface area (Å²) in [7, 11) is 0. The number of ether oxygens (including phenoxy) is 2. The highest BCUT2D eigenvalue weighted by molar-refractivity contribution is 5.71. The van der Waals surface area contributed by atoms with Gasteiger partial charge >= 0.3 is 12.2 Å². The second kappa shape index (κ2) is 8.40. The molecule has 1 aliphatic rings. The maximum atomic E-state index is 12.4. The second-order valence-corrected chi connectivity index (χ2v) is 7.47. The molecule has 0 bridgehead atoms. The number of nitrogens with zero attached hydrogens (tertiary/aromatic N) is 2. The molecule has 1 fully saturated rings. The third-order valence-electron chi connectivity index (χ3n) is 4.07. The monoisotopic (exact) mass is 364 g/mol. The topological polar surface area (TPSA) is 79.3 Å². The number of carbonyl (C=O) groups excluding carboxylic acids is 2. The summed E-state index contributed by atoms with van der Waals surface area (Å²) in [6.45, 7) is 7.97. The van der Waals surface area contributed by atoms with Crippen LogP contribution in [0.4, 0.5) is 9.59 Å². The van der Waals surface area contributed by atoms with E-state index in [1.165, 1.54) is 9.80 Å². The van der Waals surface area contributed by atoms with Crippen LogP contribution in [0.5, 0.6) is 0 Å². The lowest BCUT2D eigenvalue weighted by Crippen LogP contribution is -2.60. The number of benzene rings is 1. The van der Waals surface area contributed by atoms with E-state index >= 15 is 0 Å². The highest BCUT2D eigenvalue weighted by Gasteiger charge is 2.37. The van der Waals surface area contributed by atoms with Crippen LogP contribution in [0.1, 0.15) is 33.3 Å². The van der Waals surface area contributed by atoms with Gasteiger partial charge in [-0.2, -0.15) is 0 Å². The molecule has 7 nitrogen and oxygen atoms in total. The Labute approximate surface area is 154 Å². The van der Waals surface area contributed by atoms with Crippen molar-refractivity contribution in [2.24, 2.45) is 0 Å². The van der Waals surface area contributed by atoms with E-state index in [1.54, 1.807) is 27.7 Å². The van der Waals surface area contributed by atoms with E-state index in [1.807, 2.05) is 30.3 Å². The number of amides is 2. The van der Waals surface area contributed by atoms with E-state index in [2.05, 4.69) is 0 Å². The average Bonchev–Trinajstić information content (AvgIpc) is 2.58. The van der Waals surface area contributed by atoms with Crippen LogP contribution in [0, 0.1) is 0 Å². The van der Waals surface area contributed by atoms with Crippen molar-refractivity contribution in [3.05, 3.63) is 35.9 Å². The molecule has 0 radical (unpaired) electrons. The number of piperazine rings is 1. The molecular weight excluding hydrogens is 336 g/mol. The molecule has 1 unspecified atom stereocenters. The predicted octanol–water partition coefficient (Wildman–Crippen LogP) is 2.63. The lowest BCUT2D eigenvalue weighted by molar-refractivity contribution is -0.0282. The van der Waals surface area contributed by atoms with Gasteiger partial charge in [0.15, 0.2) is 0 Å². The Morgan fingerprint density at radius 3 is 2.42 bits per heavy atom. The van der Waals surface area contributed by atoms with E-state index in [9.17, 15) is 14.7 Å². The summed E-state index contributed by atoms with van der Waals surface area (Å²) in [4.78, 5) is 27.7. The van der Waals surface area contributed by atoms with Crippen LogP contribution in [-0.4, -0.2) is 64.5 Å². The van der Waals surface area contributed by atoms with Crippen LogP contribution >= 0.6 is 0 Å². The summed E-state index contributed by atoms with van der Waals surface area (Å²) in [6, 6.07) is 8.88. The van der Waals surface area contributed by atoms with Crippen molar-refractivity contribution in [2.75, 3.05) is 19.6 Å². The Morgan fingerprint density at radius 1 is 1.19 bits per heavy atom. The van der Waals surface area contributed by atoms with Gasteiger partial charge in [-0.15, -0.1) is 0 Å². The fourth-order valence-corrected chi connectivity index (χ4v) is 2.75. The van der Waals surface area contributed by atoms with Gasteiger partial charge in [0.25, 0.3) is 0 Å². The first-order valence-electron chi connectivity index (χ1n) is 8.80. The minimum atomic E-state index is -0.799. The first-order chi connectivity index (χ1) is 12.2. The van der Waals surface area contributed by atoms with E-state index in [4.69, 9.17) is 9.47 Å². The van der Waals surface area contributed by atoms with Crippen molar-refractivity contribution < 1.29 is 24.2 Å². The molecule has 1 heterocycles. The van der Waals surface area contributed by atoms with Crippen LogP contribution in [0.25, 0.3) is 0 Å². The van der Waals surface area contributed by atoms with Crippen molar-refractivity contribution >= 4 is 12.2 Å². The molecule has 1 aromatic carbocycles. The van der Waals surface area contributed by atoms with E-state index in [-0.39, 0.29) is 19.7 Å². The molecule has 1 aromatic rings. The smallest absolute Gasteiger partial charge is 0.410 e. The van der Waals surface area contributed by atoms with Gasteiger partial charge in [0.1, 0.15) is 12.2 Å². The molecular formula is C19H28N2O5. The third kappa shape index (κ3) is 5.62. The van der Waals surface area contributed by atoms with Crippen molar-refractivity contribution in [3.8, 4) is 0 Å². The molecule has 1 N–H and O–H groups in total. The number of hydrogen-bond donors (Lipinski definition) is 1. The second-order valence-electron chi connectivity index (χ2n) is 7.47. The van der Waals surface area contributed by atoms with Crippen LogP contribution in [0.15, 0.2) is 30.3 Å². The summed E-state index contributed by atoms with van der Waals surface area (Å²) in [5, 5.41) is 10.1. The number of rotatable bonds is 3. The first kappa shape index (κ1) is 20.0. The summed E-state index contributed by atoms with van der Waals surface area (Å²) >= 11 is 0. The zero-order chi connectivity index (χ0) is 19.3. The van der Waals surface area contributed by atoms with Crippen molar-refractivity contribution in [1.29, 1.82) is 0 Å². The molecule has 0 spiro atoms. The number of aliphatic hydroxyl groups is 1. The number of aliphatic hydroxyl groups excluding tert-OH is 1. The molecule has 26 heavy (non-hydrogen) atoms. The fourth-order valence-electron chi connectivity index (χ4n) is 2.75. The number of carbonyl (C=O) groups is 2. The zero-order valence-corrected chi connectivity index (χ0v) is 15.8. The van der Waals surface area contributed by atoms with Crippen LogP contribution in [-0.2, 0) is 16.1 Å². The summed E-state index contributed by atoms with van der Waals surface area (Å²) in [6.07, 6.45) is -1.74. The molecule has 7 heteroatoms. The van der Waals surface area contributed by atoms with Gasteiger partial charge in [-0.1, -0.05) is 30.3 Å². The van der Waals surface area contributed by atoms with Crippen molar-refractivity contribution in [3.63, 3.8) is 0 Å². The van der Waals surface area contributed by atoms with Gasteiger partial charge in [-0.3, -0.25) is 4.90 Å². The molecule has 0 aliphatic carbocycles. The lowest BCUT2D eigenvalue weighted by atomic mass is 10.1. The largest absolute Gasteiger partial charge is 0.445 e. The highest BCUT2D eigenvalue weighted by atomic mass is 16.6. The van der Waals surface area contributed by atoms with Gasteiger partial charge in [0.05, 0.1) is 12.1 Å². The molecule has 1 aliphatic heterocycles. The maximum absolute atomic E-state index is 12.4. The average molecular weight is 364 g/mol. The Morgan fingerprint density at radius 2 is 1.85 bits per heavy atom. The molecule has 0 saturated carbocycles. The van der Waals surface area contributed by atoms with Crippen molar-refractivity contribution in [1.82, 2.24) is 9.80 Å². The zero-order valence-electron chi connectivity index (χ0n) is 15.8.